The molecular formula is C14H21NO3. The van der Waals surface area contributed by atoms with Crippen LogP contribution in [-0.4, -0.2) is 41.7 Å². The summed E-state index contributed by atoms with van der Waals surface area (Å²) in [7, 11) is 0. The molecular weight excluding hydrogens is 230 g/mol. The molecule has 0 fully saturated rings. The lowest BCUT2D eigenvalue weighted by Gasteiger charge is -2.25. The Morgan fingerprint density at radius 1 is 1.33 bits per heavy atom. The van der Waals surface area contributed by atoms with Gasteiger partial charge in [-0.05, 0) is 26.0 Å². The predicted molar refractivity (Wildman–Crippen MR) is 70.5 cm³/mol. The highest BCUT2D eigenvalue weighted by atomic mass is 16.5. The molecule has 4 heteroatoms. The molecule has 4 nitrogen and oxygen atoms in total. The molecule has 1 rings (SSSR count). The van der Waals surface area contributed by atoms with Gasteiger partial charge in [-0.3, -0.25) is 4.79 Å². The average Bonchev–Trinajstić information content (AvgIpc) is 2.36. The van der Waals surface area contributed by atoms with Crippen molar-refractivity contribution in [1.82, 2.24) is 4.90 Å². The van der Waals surface area contributed by atoms with Gasteiger partial charge < -0.3 is 14.7 Å². The van der Waals surface area contributed by atoms with Gasteiger partial charge in [-0.15, -0.1) is 0 Å². The van der Waals surface area contributed by atoms with Gasteiger partial charge in [-0.25, -0.2) is 0 Å². The molecule has 0 unspecified atom stereocenters. The summed E-state index contributed by atoms with van der Waals surface area (Å²) in [5, 5.41) is 8.91. The average molecular weight is 251 g/mol. The Morgan fingerprint density at radius 3 is 2.56 bits per heavy atom. The molecule has 1 aromatic carbocycles. The van der Waals surface area contributed by atoms with Crippen LogP contribution in [0, 0.1) is 0 Å². The maximum atomic E-state index is 11.9. The summed E-state index contributed by atoms with van der Waals surface area (Å²) >= 11 is 0. The standard InChI is InChI=1S/C14H21NO3/c1-12(2)15(9-10-16)14(17)8-11-18-13-6-4-3-5-7-13/h3-7,12,16H,8-11H2,1-2H3. The molecule has 1 amide bonds. The van der Waals surface area contributed by atoms with E-state index in [4.69, 9.17) is 9.84 Å². The van der Waals surface area contributed by atoms with Gasteiger partial charge in [0.15, 0.2) is 0 Å². The van der Waals surface area contributed by atoms with E-state index in [0.717, 1.165) is 5.75 Å². The second kappa shape index (κ2) is 7.71. The smallest absolute Gasteiger partial charge is 0.226 e. The lowest BCUT2D eigenvalue weighted by molar-refractivity contribution is -0.133. The van der Waals surface area contributed by atoms with Crippen LogP contribution in [0.25, 0.3) is 0 Å². The third-order valence-corrected chi connectivity index (χ3v) is 2.61. The molecule has 0 aliphatic heterocycles. The van der Waals surface area contributed by atoms with Crippen molar-refractivity contribution in [3.8, 4) is 5.75 Å². The highest BCUT2D eigenvalue weighted by Crippen LogP contribution is 2.09. The minimum absolute atomic E-state index is 0.00924. The van der Waals surface area contributed by atoms with E-state index in [1.807, 2.05) is 44.2 Å². The molecule has 0 spiro atoms. The van der Waals surface area contributed by atoms with Gasteiger partial charge in [-0.2, -0.15) is 0 Å². The first-order valence-corrected chi connectivity index (χ1v) is 6.23. The Bertz CT molecular complexity index is 351. The van der Waals surface area contributed by atoms with E-state index in [1.165, 1.54) is 0 Å². The number of para-hydroxylation sites is 1. The van der Waals surface area contributed by atoms with Crippen molar-refractivity contribution >= 4 is 5.91 Å². The van der Waals surface area contributed by atoms with Gasteiger partial charge in [0.05, 0.1) is 19.6 Å². The van der Waals surface area contributed by atoms with E-state index in [1.54, 1.807) is 4.90 Å². The first kappa shape index (κ1) is 14.5. The Hall–Kier alpha value is -1.55. The third kappa shape index (κ3) is 4.75. The molecule has 0 aromatic heterocycles. The lowest BCUT2D eigenvalue weighted by Crippen LogP contribution is -2.39. The Labute approximate surface area is 108 Å². The van der Waals surface area contributed by atoms with Crippen molar-refractivity contribution in [2.75, 3.05) is 19.8 Å². The van der Waals surface area contributed by atoms with E-state index >= 15 is 0 Å². The summed E-state index contributed by atoms with van der Waals surface area (Å²) in [6, 6.07) is 9.52. The molecule has 1 N–H and O–H groups in total. The number of benzene rings is 1. The van der Waals surface area contributed by atoms with Crippen molar-refractivity contribution in [1.29, 1.82) is 0 Å². The zero-order valence-electron chi connectivity index (χ0n) is 11.0. The SMILES string of the molecule is CC(C)N(CCO)C(=O)CCOc1ccccc1. The first-order chi connectivity index (χ1) is 8.65. The molecule has 0 aliphatic carbocycles. The fourth-order valence-corrected chi connectivity index (χ4v) is 1.70. The normalized spacial score (nSPS) is 10.4. The zero-order valence-corrected chi connectivity index (χ0v) is 11.0. The first-order valence-electron chi connectivity index (χ1n) is 6.23. The summed E-state index contributed by atoms with van der Waals surface area (Å²) in [5.41, 5.74) is 0. The maximum absolute atomic E-state index is 11.9. The molecule has 1 aromatic rings. The Balaban J connectivity index is 2.36. The zero-order chi connectivity index (χ0) is 13.4. The number of ether oxygens (including phenoxy) is 1. The van der Waals surface area contributed by atoms with Crippen LogP contribution < -0.4 is 4.74 Å². The number of carbonyl (C=O) groups excluding carboxylic acids is 1. The number of rotatable bonds is 7. The number of aliphatic hydroxyl groups excluding tert-OH is 1. The molecule has 0 bridgehead atoms. The molecule has 0 saturated heterocycles. The largest absolute Gasteiger partial charge is 0.493 e. The minimum Gasteiger partial charge on any atom is -0.493 e. The van der Waals surface area contributed by atoms with Crippen molar-refractivity contribution in [2.24, 2.45) is 0 Å². The highest BCUT2D eigenvalue weighted by molar-refractivity contribution is 5.76. The van der Waals surface area contributed by atoms with E-state index in [0.29, 0.717) is 19.6 Å². The second-order valence-electron chi connectivity index (χ2n) is 4.32. The van der Waals surface area contributed by atoms with E-state index in [-0.39, 0.29) is 18.6 Å². The van der Waals surface area contributed by atoms with Gasteiger partial charge in [-0.1, -0.05) is 18.2 Å². The van der Waals surface area contributed by atoms with E-state index in [2.05, 4.69) is 0 Å². The van der Waals surface area contributed by atoms with Crippen molar-refractivity contribution < 1.29 is 14.6 Å². The highest BCUT2D eigenvalue weighted by Gasteiger charge is 2.15. The monoisotopic (exact) mass is 251 g/mol. The van der Waals surface area contributed by atoms with Crippen LogP contribution >= 0.6 is 0 Å². The summed E-state index contributed by atoms with van der Waals surface area (Å²) in [6.07, 6.45) is 0.326. The van der Waals surface area contributed by atoms with Gasteiger partial charge in [0, 0.05) is 12.6 Å². The summed E-state index contributed by atoms with van der Waals surface area (Å²) in [4.78, 5) is 13.6. The molecule has 0 aliphatic rings. The molecule has 0 heterocycles. The number of hydrogen-bond donors (Lipinski definition) is 1. The quantitative estimate of drug-likeness (QED) is 0.802. The molecule has 0 saturated carbocycles. The fourth-order valence-electron chi connectivity index (χ4n) is 1.70. The van der Waals surface area contributed by atoms with Gasteiger partial charge >= 0.3 is 0 Å². The van der Waals surface area contributed by atoms with Crippen LogP contribution in [0.5, 0.6) is 5.75 Å². The Morgan fingerprint density at radius 2 is 2.00 bits per heavy atom. The number of hydrogen-bond acceptors (Lipinski definition) is 3. The van der Waals surface area contributed by atoms with E-state index < -0.39 is 0 Å². The third-order valence-electron chi connectivity index (χ3n) is 2.61. The summed E-state index contributed by atoms with van der Waals surface area (Å²) in [6.45, 7) is 4.60. The molecule has 100 valence electrons. The predicted octanol–water partition coefficient (Wildman–Crippen LogP) is 1.68. The molecule has 18 heavy (non-hydrogen) atoms. The summed E-state index contributed by atoms with van der Waals surface area (Å²) < 4.78 is 5.47. The van der Waals surface area contributed by atoms with Crippen molar-refractivity contribution in [3.05, 3.63) is 30.3 Å². The second-order valence-corrected chi connectivity index (χ2v) is 4.32. The van der Waals surface area contributed by atoms with Crippen molar-refractivity contribution in [2.45, 2.75) is 26.3 Å². The van der Waals surface area contributed by atoms with Crippen LogP contribution in [0.2, 0.25) is 0 Å². The number of carbonyl (C=O) groups is 1. The van der Waals surface area contributed by atoms with Gasteiger partial charge in [0.2, 0.25) is 5.91 Å². The topological polar surface area (TPSA) is 49.8 Å². The van der Waals surface area contributed by atoms with Crippen LogP contribution in [0.4, 0.5) is 0 Å². The number of amides is 1. The van der Waals surface area contributed by atoms with E-state index in [9.17, 15) is 4.79 Å². The van der Waals surface area contributed by atoms with Gasteiger partial charge in [0.25, 0.3) is 0 Å². The van der Waals surface area contributed by atoms with Crippen LogP contribution in [0.15, 0.2) is 30.3 Å². The molecule has 0 radical (unpaired) electrons. The summed E-state index contributed by atoms with van der Waals surface area (Å²) in [5.74, 6) is 0.776. The minimum atomic E-state index is -0.0105. The Kier molecular flexibility index (Phi) is 6.22. The van der Waals surface area contributed by atoms with Crippen LogP contribution in [0.1, 0.15) is 20.3 Å². The lowest BCUT2D eigenvalue weighted by atomic mass is 10.2. The molecule has 0 atom stereocenters. The van der Waals surface area contributed by atoms with Crippen LogP contribution in [0.3, 0.4) is 0 Å². The maximum Gasteiger partial charge on any atom is 0.226 e. The van der Waals surface area contributed by atoms with Crippen LogP contribution in [-0.2, 0) is 4.79 Å². The fraction of sp³-hybridized carbons (Fsp3) is 0.500. The number of aliphatic hydroxyl groups is 1. The van der Waals surface area contributed by atoms with Gasteiger partial charge in [0.1, 0.15) is 5.75 Å². The van der Waals surface area contributed by atoms with Crippen molar-refractivity contribution in [3.63, 3.8) is 0 Å². The number of nitrogens with zero attached hydrogens (tertiary/aromatic N) is 1.